The zero-order valence-corrected chi connectivity index (χ0v) is 26.0. The second-order valence-electron chi connectivity index (χ2n) is 13.1. The molecule has 0 atom stereocenters. The molecule has 2 aromatic heterocycles. The summed E-state index contributed by atoms with van der Waals surface area (Å²) in [7, 11) is 0. The van der Waals surface area contributed by atoms with Gasteiger partial charge in [-0.15, -0.1) is 0 Å². The third-order valence-electron chi connectivity index (χ3n) is 9.54. The molecule has 222 valence electrons. The van der Waals surface area contributed by atoms with E-state index >= 15 is 0 Å². The number of para-hydroxylation sites is 3. The molecule has 8 aromatic rings. The van der Waals surface area contributed by atoms with Crippen LogP contribution in [0.25, 0.3) is 78.0 Å². The van der Waals surface area contributed by atoms with Crippen LogP contribution in [0.1, 0.15) is 36.8 Å². The predicted molar refractivity (Wildman–Crippen MR) is 193 cm³/mol. The minimum atomic E-state index is -2.03. The Kier molecular flexibility index (Phi) is 5.22. The van der Waals surface area contributed by atoms with Gasteiger partial charge in [-0.2, -0.15) is 0 Å². The van der Waals surface area contributed by atoms with Gasteiger partial charge in [-0.1, -0.05) is 124 Å². The Morgan fingerprint density at radius 2 is 1.09 bits per heavy atom. The summed E-state index contributed by atoms with van der Waals surface area (Å²) in [5.74, 6) is 0.837. The molecule has 3 heteroatoms. The minimum Gasteiger partial charge on any atom is -0.278 e. The van der Waals surface area contributed by atoms with Crippen LogP contribution in [-0.2, 0) is 6.42 Å². The lowest BCUT2D eigenvalue weighted by molar-refractivity contribution is 0.378. The maximum Gasteiger partial charge on any atom is 0.220 e. The van der Waals surface area contributed by atoms with E-state index in [0.29, 0.717) is 12.8 Å². The zero-order valence-electron chi connectivity index (χ0n) is 29.0. The highest BCUT2D eigenvalue weighted by molar-refractivity contribution is 6.03. The fourth-order valence-electron chi connectivity index (χ4n) is 7.37. The largest absolute Gasteiger partial charge is 0.278 e. The third-order valence-corrected chi connectivity index (χ3v) is 9.54. The van der Waals surface area contributed by atoms with E-state index in [-0.39, 0.29) is 0 Å². The van der Waals surface area contributed by atoms with Crippen molar-refractivity contribution >= 4 is 27.8 Å². The standard InChI is InChI=1S/C43H35N3/c1-43(2,3)26-25-28-13-12-22-40-41(28)44-42-45(38-20-10-11-21-39(38)46(40)42)29-23-24-36-34-18-7-6-16-32(34)30-14-4-5-15-31(30)33-17-8-9-19-35(33)37(36)27-29/h4-24,27H,25-26H2,1-3H3/i1D3. The molecule has 0 aliphatic heterocycles. The lowest BCUT2D eigenvalue weighted by Gasteiger charge is -2.23. The summed E-state index contributed by atoms with van der Waals surface area (Å²) in [5, 5.41) is 0. The number of hydrogen-bond donors (Lipinski definition) is 0. The van der Waals surface area contributed by atoms with Crippen molar-refractivity contribution in [2.45, 2.75) is 33.5 Å². The average Bonchev–Trinajstić information content (AvgIpc) is 3.65. The van der Waals surface area contributed by atoms with Crippen LogP contribution >= 0.6 is 0 Å². The fourth-order valence-corrected chi connectivity index (χ4v) is 7.37. The van der Waals surface area contributed by atoms with Gasteiger partial charge in [0.1, 0.15) is 0 Å². The molecule has 0 saturated carbocycles. The summed E-state index contributed by atoms with van der Waals surface area (Å²) in [4.78, 5) is 5.33. The Bertz CT molecular complexity index is 2580. The van der Waals surface area contributed by atoms with Crippen molar-refractivity contribution in [2.75, 3.05) is 0 Å². The molecule has 0 unspecified atom stereocenters. The molecule has 9 rings (SSSR count). The molecule has 46 heavy (non-hydrogen) atoms. The van der Waals surface area contributed by atoms with E-state index < -0.39 is 12.3 Å². The number of benzene rings is 6. The Balaban J connectivity index is 1.29. The smallest absolute Gasteiger partial charge is 0.220 e. The van der Waals surface area contributed by atoms with Gasteiger partial charge in [-0.3, -0.25) is 8.97 Å². The highest BCUT2D eigenvalue weighted by Crippen LogP contribution is 2.48. The molecule has 0 spiro atoms. The second kappa shape index (κ2) is 10.1. The van der Waals surface area contributed by atoms with Crippen molar-refractivity contribution in [3.63, 3.8) is 0 Å². The first kappa shape index (κ1) is 23.9. The topological polar surface area (TPSA) is 22.2 Å². The summed E-state index contributed by atoms with van der Waals surface area (Å²) < 4.78 is 28.7. The molecule has 1 aliphatic carbocycles. The van der Waals surface area contributed by atoms with Crippen LogP contribution in [0.15, 0.2) is 133 Å². The number of imidazole rings is 2. The van der Waals surface area contributed by atoms with Crippen LogP contribution in [-0.4, -0.2) is 14.0 Å². The number of rotatable bonds is 3. The monoisotopic (exact) mass is 596 g/mol. The van der Waals surface area contributed by atoms with Gasteiger partial charge in [0.05, 0.1) is 22.1 Å². The molecule has 0 amide bonds. The van der Waals surface area contributed by atoms with E-state index in [4.69, 9.17) is 9.10 Å². The van der Waals surface area contributed by atoms with Crippen molar-refractivity contribution in [1.29, 1.82) is 0 Å². The number of aryl methyl sites for hydroxylation is 1. The van der Waals surface area contributed by atoms with Crippen LogP contribution in [0.2, 0.25) is 0 Å². The van der Waals surface area contributed by atoms with E-state index in [1.54, 1.807) is 0 Å². The number of aromatic nitrogens is 3. The molecule has 6 aromatic carbocycles. The van der Waals surface area contributed by atoms with Gasteiger partial charge in [-0.05, 0) is 98.7 Å². The molecule has 2 heterocycles. The van der Waals surface area contributed by atoms with Crippen LogP contribution in [0, 0.1) is 5.41 Å². The highest BCUT2D eigenvalue weighted by Gasteiger charge is 2.24. The predicted octanol–water partition coefficient (Wildman–Crippen LogP) is 11.4. The lowest BCUT2D eigenvalue weighted by atomic mass is 9.81. The van der Waals surface area contributed by atoms with Crippen LogP contribution in [0.3, 0.4) is 0 Å². The van der Waals surface area contributed by atoms with E-state index in [0.717, 1.165) is 39.1 Å². The Labute approximate surface area is 273 Å². The Morgan fingerprint density at radius 1 is 0.565 bits per heavy atom. The molecule has 0 fully saturated rings. The van der Waals surface area contributed by atoms with Crippen LogP contribution in [0.4, 0.5) is 0 Å². The first-order chi connectivity index (χ1) is 23.7. The van der Waals surface area contributed by atoms with Gasteiger partial charge in [0, 0.05) is 9.80 Å². The molecule has 0 N–H and O–H groups in total. The van der Waals surface area contributed by atoms with E-state index in [1.165, 1.54) is 44.5 Å². The molecular formula is C43H35N3. The number of hydrogen-bond acceptors (Lipinski definition) is 1. The van der Waals surface area contributed by atoms with Crippen molar-refractivity contribution in [1.82, 2.24) is 14.0 Å². The zero-order chi connectivity index (χ0) is 33.5. The molecule has 0 radical (unpaired) electrons. The van der Waals surface area contributed by atoms with Crippen molar-refractivity contribution in [2.24, 2.45) is 5.41 Å². The summed E-state index contributed by atoms with van der Waals surface area (Å²) >= 11 is 0. The highest BCUT2D eigenvalue weighted by atomic mass is 15.2. The molecule has 3 nitrogen and oxygen atoms in total. The SMILES string of the molecule is [2H]C([2H])([2H])C(C)(C)CCc1cccc2c1nc1n(-c3ccc4c(c3)-c3ccccc3-c3ccccc3-c3ccccc3-4)c3ccccc3n21. The maximum atomic E-state index is 8.06. The quantitative estimate of drug-likeness (QED) is 0.199. The van der Waals surface area contributed by atoms with Crippen LogP contribution in [0.5, 0.6) is 0 Å². The Hall–Kier alpha value is -5.41. The summed E-state index contributed by atoms with van der Waals surface area (Å²) in [6.07, 6.45) is 1.18. The summed E-state index contributed by atoms with van der Waals surface area (Å²) in [6, 6.07) is 47.7. The van der Waals surface area contributed by atoms with Gasteiger partial charge in [0.25, 0.3) is 0 Å². The normalized spacial score (nSPS) is 13.7. The van der Waals surface area contributed by atoms with Gasteiger partial charge in [-0.25, -0.2) is 4.98 Å². The van der Waals surface area contributed by atoms with E-state index in [1.807, 2.05) is 13.8 Å². The number of nitrogens with zero attached hydrogens (tertiary/aromatic N) is 3. The average molecular weight is 597 g/mol. The third kappa shape index (κ3) is 4.08. The van der Waals surface area contributed by atoms with Crippen LogP contribution < -0.4 is 0 Å². The molecule has 0 bridgehead atoms. The molecule has 1 aliphatic rings. The number of fused-ring (bicyclic) bond motifs is 13. The molecule has 0 saturated heterocycles. The van der Waals surface area contributed by atoms with Gasteiger partial charge in [0.15, 0.2) is 0 Å². The van der Waals surface area contributed by atoms with Gasteiger partial charge >= 0.3 is 0 Å². The fraction of sp³-hybridized carbons (Fsp3) is 0.140. The second-order valence-corrected chi connectivity index (χ2v) is 13.1. The first-order valence-electron chi connectivity index (χ1n) is 17.5. The van der Waals surface area contributed by atoms with Gasteiger partial charge in [0.2, 0.25) is 5.78 Å². The van der Waals surface area contributed by atoms with E-state index in [2.05, 4.69) is 142 Å². The Morgan fingerprint density at radius 3 is 1.70 bits per heavy atom. The van der Waals surface area contributed by atoms with Crippen molar-refractivity contribution in [3.05, 3.63) is 139 Å². The first-order valence-corrected chi connectivity index (χ1v) is 16.0. The van der Waals surface area contributed by atoms with Gasteiger partial charge < -0.3 is 0 Å². The summed E-state index contributed by atoms with van der Waals surface area (Å²) in [6.45, 7) is 1.64. The lowest BCUT2D eigenvalue weighted by Crippen LogP contribution is -2.06. The van der Waals surface area contributed by atoms with Crippen molar-refractivity contribution < 1.29 is 4.11 Å². The summed E-state index contributed by atoms with van der Waals surface area (Å²) in [5.41, 5.74) is 15.1. The maximum absolute atomic E-state index is 8.06. The molecular weight excluding hydrogens is 558 g/mol. The van der Waals surface area contributed by atoms with E-state index in [9.17, 15) is 0 Å². The van der Waals surface area contributed by atoms with Crippen molar-refractivity contribution in [3.8, 4) is 50.2 Å². The minimum absolute atomic E-state index is 0.542.